The fourth-order valence-electron chi connectivity index (χ4n) is 1.44. The Balaban J connectivity index is 2.48. The zero-order chi connectivity index (χ0) is 12.7. The topological polar surface area (TPSA) is 64.3 Å². The molecular formula is C13H20N2O2. The summed E-state index contributed by atoms with van der Waals surface area (Å²) in [6, 6.07) is 7.60. The fourth-order valence-corrected chi connectivity index (χ4v) is 1.44. The Morgan fingerprint density at radius 2 is 2.00 bits per heavy atom. The number of likely N-dealkylation sites (N-methyl/N-ethyl adjacent to an activating group) is 1. The lowest BCUT2D eigenvalue weighted by atomic mass is 10.1. The second-order valence-corrected chi connectivity index (χ2v) is 3.83. The van der Waals surface area contributed by atoms with Gasteiger partial charge in [0.15, 0.2) is 6.61 Å². The van der Waals surface area contributed by atoms with Crippen LogP contribution in [-0.2, 0) is 4.79 Å². The Labute approximate surface area is 102 Å². The van der Waals surface area contributed by atoms with E-state index in [0.29, 0.717) is 12.3 Å². The smallest absolute Gasteiger partial charge is 0.257 e. The third-order valence-electron chi connectivity index (χ3n) is 2.49. The summed E-state index contributed by atoms with van der Waals surface area (Å²) in [6.07, 6.45) is 0.902. The summed E-state index contributed by atoms with van der Waals surface area (Å²) in [7, 11) is 0. The molecule has 1 atom stereocenters. The molecule has 0 heterocycles. The highest BCUT2D eigenvalue weighted by molar-refractivity contribution is 5.77. The van der Waals surface area contributed by atoms with Crippen LogP contribution in [0.4, 0.5) is 0 Å². The average Bonchev–Trinajstić information content (AvgIpc) is 2.36. The fraction of sp³-hybridized carbons (Fsp3) is 0.462. The first kappa shape index (κ1) is 13.5. The lowest BCUT2D eigenvalue weighted by Gasteiger charge is -2.10. The molecule has 0 bridgehead atoms. The number of hydrogen-bond donors (Lipinski definition) is 2. The number of nitrogens with two attached hydrogens (primary N) is 1. The molecule has 0 aliphatic rings. The first-order valence-corrected chi connectivity index (χ1v) is 5.92. The second kappa shape index (κ2) is 6.91. The van der Waals surface area contributed by atoms with Crippen molar-refractivity contribution in [3.8, 4) is 5.75 Å². The number of carbonyl (C=O) groups is 1. The molecule has 1 aromatic rings. The van der Waals surface area contributed by atoms with Crippen LogP contribution in [0.5, 0.6) is 5.75 Å². The molecule has 1 rings (SSSR count). The van der Waals surface area contributed by atoms with Gasteiger partial charge in [0.1, 0.15) is 5.75 Å². The summed E-state index contributed by atoms with van der Waals surface area (Å²) < 4.78 is 5.34. The van der Waals surface area contributed by atoms with E-state index in [1.807, 2.05) is 38.1 Å². The molecule has 0 unspecified atom stereocenters. The van der Waals surface area contributed by atoms with Crippen LogP contribution in [0.15, 0.2) is 24.3 Å². The molecule has 3 N–H and O–H groups in total. The van der Waals surface area contributed by atoms with E-state index >= 15 is 0 Å². The third-order valence-corrected chi connectivity index (χ3v) is 2.49. The van der Waals surface area contributed by atoms with Gasteiger partial charge in [-0.15, -0.1) is 0 Å². The highest BCUT2D eigenvalue weighted by atomic mass is 16.5. The Bertz CT molecular complexity index is 349. The van der Waals surface area contributed by atoms with Gasteiger partial charge in [-0.1, -0.05) is 19.1 Å². The lowest BCUT2D eigenvalue weighted by Crippen LogP contribution is -2.28. The van der Waals surface area contributed by atoms with Crippen LogP contribution in [-0.4, -0.2) is 19.1 Å². The van der Waals surface area contributed by atoms with Gasteiger partial charge in [0.05, 0.1) is 0 Å². The second-order valence-electron chi connectivity index (χ2n) is 3.83. The lowest BCUT2D eigenvalue weighted by molar-refractivity contribution is -0.122. The molecule has 0 fully saturated rings. The molecule has 0 aliphatic carbocycles. The van der Waals surface area contributed by atoms with Crippen molar-refractivity contribution in [1.29, 1.82) is 0 Å². The molecular weight excluding hydrogens is 216 g/mol. The van der Waals surface area contributed by atoms with Crippen molar-refractivity contribution in [2.75, 3.05) is 13.2 Å². The van der Waals surface area contributed by atoms with Crippen molar-refractivity contribution in [3.63, 3.8) is 0 Å². The van der Waals surface area contributed by atoms with Gasteiger partial charge < -0.3 is 15.8 Å². The predicted molar refractivity (Wildman–Crippen MR) is 67.8 cm³/mol. The Morgan fingerprint density at radius 3 is 2.53 bits per heavy atom. The number of amides is 1. The summed E-state index contributed by atoms with van der Waals surface area (Å²) in [6.45, 7) is 4.59. The van der Waals surface area contributed by atoms with Crippen LogP contribution in [0, 0.1) is 0 Å². The first-order valence-electron chi connectivity index (χ1n) is 5.92. The molecule has 1 aromatic carbocycles. The van der Waals surface area contributed by atoms with Gasteiger partial charge in [0.2, 0.25) is 0 Å². The largest absolute Gasteiger partial charge is 0.484 e. The van der Waals surface area contributed by atoms with Crippen LogP contribution in [0.1, 0.15) is 31.9 Å². The van der Waals surface area contributed by atoms with E-state index in [9.17, 15) is 4.79 Å². The summed E-state index contributed by atoms with van der Waals surface area (Å²) >= 11 is 0. The summed E-state index contributed by atoms with van der Waals surface area (Å²) in [4.78, 5) is 11.2. The molecule has 4 heteroatoms. The van der Waals surface area contributed by atoms with Crippen molar-refractivity contribution >= 4 is 5.91 Å². The quantitative estimate of drug-likeness (QED) is 0.788. The normalized spacial score (nSPS) is 11.9. The Morgan fingerprint density at radius 1 is 1.35 bits per heavy atom. The zero-order valence-electron chi connectivity index (χ0n) is 10.4. The predicted octanol–water partition coefficient (Wildman–Crippen LogP) is 1.61. The molecule has 0 saturated carbocycles. The van der Waals surface area contributed by atoms with Gasteiger partial charge in [-0.2, -0.15) is 0 Å². The van der Waals surface area contributed by atoms with Crippen molar-refractivity contribution in [3.05, 3.63) is 29.8 Å². The molecule has 0 spiro atoms. The molecule has 17 heavy (non-hydrogen) atoms. The van der Waals surface area contributed by atoms with Crippen LogP contribution < -0.4 is 15.8 Å². The van der Waals surface area contributed by atoms with Crippen LogP contribution in [0.2, 0.25) is 0 Å². The summed E-state index contributed by atoms with van der Waals surface area (Å²) in [5.41, 5.74) is 6.98. The molecule has 4 nitrogen and oxygen atoms in total. The zero-order valence-corrected chi connectivity index (χ0v) is 10.4. The van der Waals surface area contributed by atoms with E-state index < -0.39 is 0 Å². The number of rotatable bonds is 6. The molecule has 1 amide bonds. The molecule has 0 radical (unpaired) electrons. The minimum Gasteiger partial charge on any atom is -0.484 e. The molecule has 0 saturated heterocycles. The average molecular weight is 236 g/mol. The first-order chi connectivity index (χ1) is 8.17. The minimum atomic E-state index is -0.109. The maximum Gasteiger partial charge on any atom is 0.257 e. The minimum absolute atomic E-state index is 0.0486. The summed E-state index contributed by atoms with van der Waals surface area (Å²) in [5, 5.41) is 2.67. The van der Waals surface area contributed by atoms with Gasteiger partial charge >= 0.3 is 0 Å². The number of benzene rings is 1. The van der Waals surface area contributed by atoms with E-state index in [1.165, 1.54) is 0 Å². The number of carbonyl (C=O) groups excluding carboxylic acids is 1. The van der Waals surface area contributed by atoms with E-state index in [1.54, 1.807) is 0 Å². The highest BCUT2D eigenvalue weighted by Gasteiger charge is 2.04. The summed E-state index contributed by atoms with van der Waals surface area (Å²) in [5.74, 6) is 0.574. The van der Waals surface area contributed by atoms with Gasteiger partial charge in [-0.25, -0.2) is 0 Å². The van der Waals surface area contributed by atoms with Gasteiger partial charge in [0, 0.05) is 12.6 Å². The molecule has 94 valence electrons. The SMILES string of the molecule is CCNC(=O)COc1ccc([C@@H](N)CC)cc1. The van der Waals surface area contributed by atoms with Crippen LogP contribution >= 0.6 is 0 Å². The van der Waals surface area contributed by atoms with Crippen molar-refractivity contribution in [1.82, 2.24) is 5.32 Å². The van der Waals surface area contributed by atoms with Gasteiger partial charge in [0.25, 0.3) is 5.91 Å². The van der Waals surface area contributed by atoms with E-state index in [0.717, 1.165) is 12.0 Å². The number of hydrogen-bond acceptors (Lipinski definition) is 3. The monoisotopic (exact) mass is 236 g/mol. The van der Waals surface area contributed by atoms with Crippen molar-refractivity contribution in [2.24, 2.45) is 5.73 Å². The third kappa shape index (κ3) is 4.44. The van der Waals surface area contributed by atoms with Crippen LogP contribution in [0.3, 0.4) is 0 Å². The molecule has 0 aliphatic heterocycles. The maximum absolute atomic E-state index is 11.2. The van der Waals surface area contributed by atoms with Gasteiger partial charge in [-0.05, 0) is 31.0 Å². The Hall–Kier alpha value is -1.55. The molecule has 0 aromatic heterocycles. The standard InChI is InChI=1S/C13H20N2O2/c1-3-12(14)10-5-7-11(8-6-10)17-9-13(16)15-4-2/h5-8,12H,3-4,9,14H2,1-2H3,(H,15,16)/t12-/m0/s1. The van der Waals surface area contributed by atoms with E-state index in [2.05, 4.69) is 5.32 Å². The van der Waals surface area contributed by atoms with E-state index in [-0.39, 0.29) is 18.6 Å². The van der Waals surface area contributed by atoms with Crippen molar-refractivity contribution in [2.45, 2.75) is 26.3 Å². The Kier molecular flexibility index (Phi) is 5.49. The maximum atomic E-state index is 11.2. The van der Waals surface area contributed by atoms with Crippen LogP contribution in [0.25, 0.3) is 0 Å². The number of ether oxygens (including phenoxy) is 1. The number of nitrogens with one attached hydrogen (secondary N) is 1. The van der Waals surface area contributed by atoms with Gasteiger partial charge in [-0.3, -0.25) is 4.79 Å². The van der Waals surface area contributed by atoms with Crippen molar-refractivity contribution < 1.29 is 9.53 Å². The van der Waals surface area contributed by atoms with E-state index in [4.69, 9.17) is 10.5 Å². The highest BCUT2D eigenvalue weighted by Crippen LogP contribution is 2.18.